The first-order chi connectivity index (χ1) is 7.41. The zero-order valence-corrected chi connectivity index (χ0v) is 9.56. The Labute approximate surface area is 94.7 Å². The first-order valence-electron chi connectivity index (χ1n) is 4.69. The number of aliphatic imine (C=N–C) groups is 1. The molecule has 2 rings (SSSR count). The standard InChI is InChI=1S/C9H10F3N3S/c1-5-4-15-6(8(13-5)16-2)3-7(14-15)9(10,11)12/h3,5H,4H2,1-2H3/t5-/m0/s1. The lowest BCUT2D eigenvalue weighted by Crippen LogP contribution is -2.23. The molecule has 1 aromatic heterocycles. The highest BCUT2D eigenvalue weighted by molar-refractivity contribution is 8.13. The van der Waals surface area contributed by atoms with Crippen LogP contribution in [0.4, 0.5) is 13.2 Å². The molecule has 0 unspecified atom stereocenters. The Hall–Kier alpha value is -0.980. The molecule has 0 spiro atoms. The van der Waals surface area contributed by atoms with Crippen LogP contribution in [0.15, 0.2) is 11.1 Å². The lowest BCUT2D eigenvalue weighted by atomic mass is 10.3. The van der Waals surface area contributed by atoms with E-state index in [9.17, 15) is 13.2 Å². The molecule has 0 N–H and O–H groups in total. The van der Waals surface area contributed by atoms with Gasteiger partial charge < -0.3 is 0 Å². The molecule has 1 aromatic rings. The van der Waals surface area contributed by atoms with Crippen LogP contribution in [0, 0.1) is 0 Å². The smallest absolute Gasteiger partial charge is 0.271 e. The number of rotatable bonds is 0. The fourth-order valence-corrected chi connectivity index (χ4v) is 2.24. The Kier molecular flexibility index (Phi) is 2.73. The van der Waals surface area contributed by atoms with Gasteiger partial charge in [0.25, 0.3) is 0 Å². The maximum absolute atomic E-state index is 12.5. The molecule has 1 aliphatic heterocycles. The summed E-state index contributed by atoms with van der Waals surface area (Å²) in [5, 5.41) is 4.18. The summed E-state index contributed by atoms with van der Waals surface area (Å²) in [7, 11) is 0. The minimum Gasteiger partial charge on any atom is -0.271 e. The molecule has 0 radical (unpaired) electrons. The molecule has 2 heterocycles. The van der Waals surface area contributed by atoms with Crippen molar-refractivity contribution in [2.75, 3.05) is 6.26 Å². The largest absolute Gasteiger partial charge is 0.435 e. The van der Waals surface area contributed by atoms with Gasteiger partial charge in [0.05, 0.1) is 18.3 Å². The van der Waals surface area contributed by atoms with Crippen molar-refractivity contribution in [3.05, 3.63) is 17.5 Å². The average Bonchev–Trinajstić information content (AvgIpc) is 2.59. The molecule has 0 saturated carbocycles. The number of aromatic nitrogens is 2. The summed E-state index contributed by atoms with van der Waals surface area (Å²) < 4.78 is 38.8. The van der Waals surface area contributed by atoms with E-state index in [2.05, 4.69) is 10.1 Å². The molecule has 3 nitrogen and oxygen atoms in total. The molecule has 0 aliphatic carbocycles. The van der Waals surface area contributed by atoms with Gasteiger partial charge in [-0.1, -0.05) is 0 Å². The van der Waals surface area contributed by atoms with Crippen molar-refractivity contribution < 1.29 is 13.2 Å². The zero-order chi connectivity index (χ0) is 11.9. The lowest BCUT2D eigenvalue weighted by molar-refractivity contribution is -0.141. The molecule has 16 heavy (non-hydrogen) atoms. The summed E-state index contributed by atoms with van der Waals surface area (Å²) in [6, 6.07) is 1.03. The Morgan fingerprint density at radius 3 is 2.75 bits per heavy atom. The van der Waals surface area contributed by atoms with E-state index in [1.807, 2.05) is 6.92 Å². The molecular formula is C9H10F3N3S. The third-order valence-corrected chi connectivity index (χ3v) is 2.96. The van der Waals surface area contributed by atoms with Crippen LogP contribution in [0.5, 0.6) is 0 Å². The number of alkyl halides is 3. The van der Waals surface area contributed by atoms with Gasteiger partial charge in [-0.05, 0) is 19.2 Å². The SMILES string of the molecule is CSC1=N[C@@H](C)Cn2nc(C(F)(F)F)cc21. The van der Waals surface area contributed by atoms with Crippen molar-refractivity contribution in [1.82, 2.24) is 9.78 Å². The molecule has 0 aromatic carbocycles. The maximum atomic E-state index is 12.5. The van der Waals surface area contributed by atoms with Crippen LogP contribution in [0.25, 0.3) is 0 Å². The van der Waals surface area contributed by atoms with Crippen molar-refractivity contribution in [1.29, 1.82) is 0 Å². The summed E-state index contributed by atoms with van der Waals surface area (Å²) in [5.41, 5.74) is -0.392. The van der Waals surface area contributed by atoms with Gasteiger partial charge in [0.15, 0.2) is 5.69 Å². The van der Waals surface area contributed by atoms with E-state index >= 15 is 0 Å². The van der Waals surface area contributed by atoms with Crippen LogP contribution in [-0.4, -0.2) is 27.1 Å². The van der Waals surface area contributed by atoms with E-state index in [4.69, 9.17) is 0 Å². The van der Waals surface area contributed by atoms with Gasteiger partial charge in [-0.3, -0.25) is 9.67 Å². The van der Waals surface area contributed by atoms with Gasteiger partial charge in [-0.25, -0.2) is 0 Å². The lowest BCUT2D eigenvalue weighted by Gasteiger charge is -2.17. The molecule has 1 aliphatic rings. The molecule has 1 atom stereocenters. The van der Waals surface area contributed by atoms with Crippen molar-refractivity contribution in [3.8, 4) is 0 Å². The Bertz CT molecular complexity index is 436. The van der Waals surface area contributed by atoms with E-state index in [0.29, 0.717) is 17.3 Å². The van der Waals surface area contributed by atoms with Crippen molar-refractivity contribution in [3.63, 3.8) is 0 Å². The van der Waals surface area contributed by atoms with Gasteiger partial charge in [0.2, 0.25) is 0 Å². The van der Waals surface area contributed by atoms with Gasteiger partial charge in [-0.15, -0.1) is 11.8 Å². The fraction of sp³-hybridized carbons (Fsp3) is 0.556. The number of hydrogen-bond donors (Lipinski definition) is 0. The minimum absolute atomic E-state index is 0.0315. The second kappa shape index (κ2) is 3.80. The second-order valence-electron chi connectivity index (χ2n) is 3.58. The number of thioether (sulfide) groups is 1. The Balaban J connectivity index is 2.46. The summed E-state index contributed by atoms with van der Waals surface area (Å²) in [6.45, 7) is 2.25. The Morgan fingerprint density at radius 1 is 1.50 bits per heavy atom. The van der Waals surface area contributed by atoms with E-state index < -0.39 is 11.9 Å². The van der Waals surface area contributed by atoms with Crippen molar-refractivity contribution in [2.45, 2.75) is 25.7 Å². The molecule has 0 saturated heterocycles. The quantitative estimate of drug-likeness (QED) is 0.706. The predicted molar refractivity (Wildman–Crippen MR) is 56.7 cm³/mol. The van der Waals surface area contributed by atoms with Gasteiger partial charge in [0, 0.05) is 0 Å². The number of halogens is 3. The van der Waals surface area contributed by atoms with Crippen LogP contribution >= 0.6 is 11.8 Å². The molecule has 0 bridgehead atoms. The third kappa shape index (κ3) is 1.95. The first-order valence-corrected chi connectivity index (χ1v) is 5.91. The summed E-state index contributed by atoms with van der Waals surface area (Å²) in [4.78, 5) is 4.29. The van der Waals surface area contributed by atoms with E-state index in [0.717, 1.165) is 6.07 Å². The Morgan fingerprint density at radius 2 is 2.19 bits per heavy atom. The van der Waals surface area contributed by atoms with Crippen LogP contribution in [-0.2, 0) is 12.7 Å². The van der Waals surface area contributed by atoms with Crippen LogP contribution in [0.2, 0.25) is 0 Å². The maximum Gasteiger partial charge on any atom is 0.435 e. The van der Waals surface area contributed by atoms with Gasteiger partial charge in [-0.2, -0.15) is 18.3 Å². The average molecular weight is 249 g/mol. The number of fused-ring (bicyclic) bond motifs is 1. The van der Waals surface area contributed by atoms with E-state index in [1.165, 1.54) is 16.4 Å². The fourth-order valence-electron chi connectivity index (χ4n) is 1.58. The highest BCUT2D eigenvalue weighted by atomic mass is 32.2. The molecule has 0 amide bonds. The van der Waals surface area contributed by atoms with Crippen molar-refractivity contribution in [2.24, 2.45) is 4.99 Å². The zero-order valence-electron chi connectivity index (χ0n) is 8.75. The topological polar surface area (TPSA) is 30.2 Å². The second-order valence-corrected chi connectivity index (χ2v) is 4.38. The van der Waals surface area contributed by atoms with Crippen LogP contribution < -0.4 is 0 Å². The van der Waals surface area contributed by atoms with E-state index in [-0.39, 0.29) is 6.04 Å². The van der Waals surface area contributed by atoms with Gasteiger partial charge >= 0.3 is 6.18 Å². The monoisotopic (exact) mass is 249 g/mol. The van der Waals surface area contributed by atoms with Crippen LogP contribution in [0.1, 0.15) is 18.3 Å². The molecular weight excluding hydrogens is 239 g/mol. The molecule has 0 fully saturated rings. The molecule has 7 heteroatoms. The molecule has 88 valence electrons. The summed E-state index contributed by atoms with van der Waals surface area (Å²) in [6.07, 6.45) is -2.60. The predicted octanol–water partition coefficient (Wildman–Crippen LogP) is 2.41. The minimum atomic E-state index is -4.39. The first kappa shape index (κ1) is 11.5. The number of hydrogen-bond acceptors (Lipinski definition) is 3. The number of nitrogens with zero attached hydrogens (tertiary/aromatic N) is 3. The summed E-state index contributed by atoms with van der Waals surface area (Å²) >= 11 is 1.34. The van der Waals surface area contributed by atoms with Gasteiger partial charge in [0.1, 0.15) is 5.04 Å². The van der Waals surface area contributed by atoms with Crippen LogP contribution in [0.3, 0.4) is 0 Å². The highest BCUT2D eigenvalue weighted by Crippen LogP contribution is 2.30. The van der Waals surface area contributed by atoms with Crippen molar-refractivity contribution >= 4 is 16.8 Å². The third-order valence-electron chi connectivity index (χ3n) is 2.26. The normalized spacial score (nSPS) is 20.6. The summed E-state index contributed by atoms with van der Waals surface area (Å²) in [5.74, 6) is 0. The highest BCUT2D eigenvalue weighted by Gasteiger charge is 2.36. The van der Waals surface area contributed by atoms with E-state index in [1.54, 1.807) is 6.26 Å².